The molecule has 1 aromatic carbocycles. The Morgan fingerprint density at radius 3 is 2.50 bits per heavy atom. The molecule has 0 aliphatic carbocycles. The first kappa shape index (κ1) is 20.0. The highest BCUT2D eigenvalue weighted by Crippen LogP contribution is 2.23. The van der Waals surface area contributed by atoms with Crippen LogP contribution in [0.4, 0.5) is 5.69 Å². The van der Waals surface area contributed by atoms with Crippen molar-refractivity contribution in [2.24, 2.45) is 0 Å². The van der Waals surface area contributed by atoms with Crippen LogP contribution in [0.2, 0.25) is 0 Å². The highest BCUT2D eigenvalue weighted by atomic mass is 16.3. The molecule has 4 rings (SSSR count). The number of amides is 2. The highest BCUT2D eigenvalue weighted by Gasteiger charge is 2.23. The number of anilines is 1. The summed E-state index contributed by atoms with van der Waals surface area (Å²) in [7, 11) is 0. The lowest BCUT2D eigenvalue weighted by Crippen LogP contribution is -2.36. The fourth-order valence-corrected chi connectivity index (χ4v) is 4.07. The predicted molar refractivity (Wildman–Crippen MR) is 116 cm³/mol. The number of hydrogen-bond acceptors (Lipinski definition) is 3. The van der Waals surface area contributed by atoms with E-state index in [1.165, 1.54) is 0 Å². The molecule has 156 valence electrons. The smallest absolute Gasteiger partial charge is 0.257 e. The second kappa shape index (κ2) is 8.61. The molecular weight excluding hydrogens is 378 g/mol. The standard InChI is InChI=1S/C24H27N3O3/c1-17-15-21(18(2)27(17)16-19-9-8-14-30-19)23(28)25-22-11-5-4-10-20(22)24(29)26-12-6-3-7-13-26/h4-5,8-11,14-15H,3,6-7,12-13,16H2,1-2H3,(H,25,28). The number of aromatic nitrogens is 1. The van der Waals surface area contributed by atoms with E-state index in [9.17, 15) is 9.59 Å². The fourth-order valence-electron chi connectivity index (χ4n) is 4.07. The molecule has 6 nitrogen and oxygen atoms in total. The van der Waals surface area contributed by atoms with E-state index in [4.69, 9.17) is 4.42 Å². The summed E-state index contributed by atoms with van der Waals surface area (Å²) in [6.07, 6.45) is 4.87. The zero-order valence-electron chi connectivity index (χ0n) is 17.5. The molecule has 30 heavy (non-hydrogen) atoms. The van der Waals surface area contributed by atoms with Gasteiger partial charge in [-0.2, -0.15) is 0 Å². The Morgan fingerprint density at radius 2 is 1.77 bits per heavy atom. The van der Waals surface area contributed by atoms with Crippen molar-refractivity contribution in [3.63, 3.8) is 0 Å². The van der Waals surface area contributed by atoms with Crippen LogP contribution in [0.3, 0.4) is 0 Å². The van der Waals surface area contributed by atoms with Crippen LogP contribution in [-0.2, 0) is 6.54 Å². The van der Waals surface area contributed by atoms with Crippen molar-refractivity contribution in [3.05, 3.63) is 77.0 Å². The number of carbonyl (C=O) groups excluding carboxylic acids is 2. The van der Waals surface area contributed by atoms with Crippen LogP contribution >= 0.6 is 0 Å². The number of rotatable bonds is 5. The van der Waals surface area contributed by atoms with Crippen LogP contribution in [0.15, 0.2) is 53.1 Å². The zero-order chi connectivity index (χ0) is 21.1. The number of piperidine rings is 1. The molecule has 2 amide bonds. The number of nitrogens with one attached hydrogen (secondary N) is 1. The van der Waals surface area contributed by atoms with Gasteiger partial charge in [0.05, 0.1) is 29.6 Å². The largest absolute Gasteiger partial charge is 0.467 e. The average Bonchev–Trinajstić information content (AvgIpc) is 3.38. The van der Waals surface area contributed by atoms with E-state index in [0.717, 1.165) is 49.5 Å². The van der Waals surface area contributed by atoms with Gasteiger partial charge in [0.15, 0.2) is 0 Å². The van der Waals surface area contributed by atoms with Gasteiger partial charge >= 0.3 is 0 Å². The van der Waals surface area contributed by atoms with Crippen LogP contribution in [0.1, 0.15) is 57.1 Å². The van der Waals surface area contributed by atoms with E-state index in [1.807, 2.05) is 49.1 Å². The van der Waals surface area contributed by atoms with Crippen LogP contribution in [-0.4, -0.2) is 34.4 Å². The van der Waals surface area contributed by atoms with Gasteiger partial charge in [-0.1, -0.05) is 12.1 Å². The number of furan rings is 1. The van der Waals surface area contributed by atoms with Gasteiger partial charge in [0, 0.05) is 24.5 Å². The summed E-state index contributed by atoms with van der Waals surface area (Å²) in [4.78, 5) is 28.0. The predicted octanol–water partition coefficient (Wildman–Crippen LogP) is 4.62. The molecule has 1 fully saturated rings. The Bertz CT molecular complexity index is 1040. The lowest BCUT2D eigenvalue weighted by atomic mass is 10.1. The van der Waals surface area contributed by atoms with Crippen molar-refractivity contribution in [2.75, 3.05) is 18.4 Å². The number of aryl methyl sites for hydroxylation is 1. The molecule has 2 aromatic heterocycles. The summed E-state index contributed by atoms with van der Waals surface area (Å²) < 4.78 is 7.50. The van der Waals surface area contributed by atoms with Crippen molar-refractivity contribution in [2.45, 2.75) is 39.7 Å². The first-order valence-electron chi connectivity index (χ1n) is 10.4. The van der Waals surface area contributed by atoms with Crippen molar-refractivity contribution in [1.82, 2.24) is 9.47 Å². The van der Waals surface area contributed by atoms with Gasteiger partial charge in [-0.05, 0) is 63.4 Å². The van der Waals surface area contributed by atoms with Gasteiger partial charge < -0.3 is 19.2 Å². The quantitative estimate of drug-likeness (QED) is 0.673. The number of likely N-dealkylation sites (tertiary alicyclic amines) is 1. The lowest BCUT2D eigenvalue weighted by Gasteiger charge is -2.27. The van der Waals surface area contributed by atoms with Crippen LogP contribution < -0.4 is 5.32 Å². The molecule has 0 saturated carbocycles. The van der Waals surface area contributed by atoms with E-state index in [1.54, 1.807) is 18.4 Å². The molecule has 0 unspecified atom stereocenters. The number of carbonyl (C=O) groups is 2. The first-order chi connectivity index (χ1) is 14.5. The molecule has 3 heterocycles. The van der Waals surface area contributed by atoms with Gasteiger partial charge in [0.2, 0.25) is 0 Å². The van der Waals surface area contributed by atoms with E-state index >= 15 is 0 Å². The first-order valence-corrected chi connectivity index (χ1v) is 10.4. The molecule has 6 heteroatoms. The molecule has 0 atom stereocenters. The van der Waals surface area contributed by atoms with Crippen molar-refractivity contribution in [3.8, 4) is 0 Å². The lowest BCUT2D eigenvalue weighted by molar-refractivity contribution is 0.0725. The Balaban J connectivity index is 1.55. The summed E-state index contributed by atoms with van der Waals surface area (Å²) in [5.41, 5.74) is 3.53. The van der Waals surface area contributed by atoms with E-state index in [0.29, 0.717) is 23.4 Å². The molecule has 3 aromatic rings. The van der Waals surface area contributed by atoms with Crippen LogP contribution in [0.25, 0.3) is 0 Å². The van der Waals surface area contributed by atoms with Crippen molar-refractivity contribution < 1.29 is 14.0 Å². The molecule has 0 radical (unpaired) electrons. The van der Waals surface area contributed by atoms with E-state index in [-0.39, 0.29) is 11.8 Å². The Morgan fingerprint density at radius 1 is 1.00 bits per heavy atom. The Kier molecular flexibility index (Phi) is 5.74. The third kappa shape index (κ3) is 4.03. The second-order valence-electron chi connectivity index (χ2n) is 7.80. The fraction of sp³-hybridized carbons (Fsp3) is 0.333. The number of benzene rings is 1. The maximum atomic E-state index is 13.1. The summed E-state index contributed by atoms with van der Waals surface area (Å²) in [6.45, 7) is 6.02. The van der Waals surface area contributed by atoms with E-state index < -0.39 is 0 Å². The number of nitrogens with zero attached hydrogens (tertiary/aromatic N) is 2. The molecule has 0 spiro atoms. The average molecular weight is 405 g/mol. The Hall–Kier alpha value is -3.28. The third-order valence-corrected chi connectivity index (χ3v) is 5.76. The number of hydrogen-bond donors (Lipinski definition) is 1. The number of para-hydroxylation sites is 1. The van der Waals surface area contributed by atoms with Gasteiger partial charge in [-0.25, -0.2) is 0 Å². The summed E-state index contributed by atoms with van der Waals surface area (Å²) >= 11 is 0. The van der Waals surface area contributed by atoms with Crippen molar-refractivity contribution >= 4 is 17.5 Å². The normalized spacial score (nSPS) is 14.0. The van der Waals surface area contributed by atoms with Gasteiger partial charge in [-0.3, -0.25) is 9.59 Å². The minimum absolute atomic E-state index is 0.0195. The SMILES string of the molecule is Cc1cc(C(=O)Nc2ccccc2C(=O)N2CCCCC2)c(C)n1Cc1ccco1. The summed E-state index contributed by atoms with van der Waals surface area (Å²) in [5.74, 6) is 0.600. The topological polar surface area (TPSA) is 67.5 Å². The van der Waals surface area contributed by atoms with Crippen LogP contribution in [0.5, 0.6) is 0 Å². The molecular formula is C24H27N3O3. The summed E-state index contributed by atoms with van der Waals surface area (Å²) in [6, 6.07) is 12.9. The monoisotopic (exact) mass is 405 g/mol. The van der Waals surface area contributed by atoms with Crippen LogP contribution in [0, 0.1) is 13.8 Å². The minimum atomic E-state index is -0.215. The second-order valence-corrected chi connectivity index (χ2v) is 7.80. The summed E-state index contributed by atoms with van der Waals surface area (Å²) in [5, 5.41) is 2.96. The molecule has 1 aliphatic heterocycles. The maximum absolute atomic E-state index is 13.1. The van der Waals surface area contributed by atoms with E-state index in [2.05, 4.69) is 9.88 Å². The van der Waals surface area contributed by atoms with Gasteiger partial charge in [0.25, 0.3) is 11.8 Å². The zero-order valence-corrected chi connectivity index (χ0v) is 17.5. The molecule has 1 saturated heterocycles. The molecule has 1 aliphatic rings. The molecule has 0 bridgehead atoms. The third-order valence-electron chi connectivity index (χ3n) is 5.76. The Labute approximate surface area is 176 Å². The van der Waals surface area contributed by atoms with Gasteiger partial charge in [-0.15, -0.1) is 0 Å². The van der Waals surface area contributed by atoms with Gasteiger partial charge in [0.1, 0.15) is 5.76 Å². The maximum Gasteiger partial charge on any atom is 0.257 e. The highest BCUT2D eigenvalue weighted by molar-refractivity contribution is 6.09. The van der Waals surface area contributed by atoms with Crippen molar-refractivity contribution in [1.29, 1.82) is 0 Å². The minimum Gasteiger partial charge on any atom is -0.467 e. The molecule has 1 N–H and O–H groups in total.